The van der Waals surface area contributed by atoms with E-state index in [-0.39, 0.29) is 24.9 Å². The fraction of sp³-hybridized carbons (Fsp3) is 0.357. The molecule has 5 nitrogen and oxygen atoms in total. The second-order valence-corrected chi connectivity index (χ2v) is 8.96. The van der Waals surface area contributed by atoms with Gasteiger partial charge in [0.15, 0.2) is 0 Å². The van der Waals surface area contributed by atoms with E-state index in [0.717, 1.165) is 18.4 Å². The van der Waals surface area contributed by atoms with Gasteiger partial charge in [0, 0.05) is 23.9 Å². The summed E-state index contributed by atoms with van der Waals surface area (Å²) >= 11 is 0. The van der Waals surface area contributed by atoms with Crippen LogP contribution in [0.25, 0.3) is 11.3 Å². The van der Waals surface area contributed by atoms with E-state index < -0.39 is 0 Å². The van der Waals surface area contributed by atoms with Crippen LogP contribution in [0.15, 0.2) is 54.7 Å². The summed E-state index contributed by atoms with van der Waals surface area (Å²) < 4.78 is 20.1. The van der Waals surface area contributed by atoms with E-state index in [1.807, 2.05) is 12.1 Å². The number of nitrogens with one attached hydrogen (secondary N) is 1. The van der Waals surface area contributed by atoms with Crippen molar-refractivity contribution in [2.75, 3.05) is 6.61 Å². The van der Waals surface area contributed by atoms with Crippen molar-refractivity contribution in [3.8, 4) is 17.0 Å². The molecule has 0 atom stereocenters. The molecule has 0 radical (unpaired) electrons. The molecule has 0 aliphatic heterocycles. The van der Waals surface area contributed by atoms with Gasteiger partial charge in [-0.2, -0.15) is 0 Å². The molecule has 1 aliphatic rings. The maximum atomic E-state index is 13.9. The number of ether oxygens (including phenoxy) is 1. The summed E-state index contributed by atoms with van der Waals surface area (Å²) in [6.45, 7) is 2.34. The van der Waals surface area contributed by atoms with E-state index in [1.165, 1.54) is 25.3 Å². The number of carbonyl (C=O) groups is 1. The summed E-state index contributed by atoms with van der Waals surface area (Å²) in [6, 6.07) is 13.9. The Bertz CT molecular complexity index is 1140. The maximum Gasteiger partial charge on any atom is 0.255 e. The molecule has 2 N–H and O–H groups in total. The number of rotatable bonds is 8. The first-order chi connectivity index (χ1) is 16.5. The Balaban J connectivity index is 1.58. The molecule has 1 fully saturated rings. The van der Waals surface area contributed by atoms with Gasteiger partial charge in [0.1, 0.15) is 11.6 Å². The maximum absolute atomic E-state index is 13.9. The third-order valence-corrected chi connectivity index (χ3v) is 6.45. The Morgan fingerprint density at radius 3 is 2.74 bits per heavy atom. The lowest BCUT2D eigenvalue weighted by Crippen LogP contribution is -2.24. The van der Waals surface area contributed by atoms with E-state index in [2.05, 4.69) is 10.3 Å². The van der Waals surface area contributed by atoms with Gasteiger partial charge < -0.3 is 15.2 Å². The first-order valence-electron chi connectivity index (χ1n) is 11.9. The van der Waals surface area contributed by atoms with Crippen LogP contribution in [-0.2, 0) is 13.2 Å². The SMILES string of the molecule is Cc1ccc(CNC(=O)c2cc(-c3ncccc3CO)ccc2OCC2CCCCC2)cc1F. The second kappa shape index (κ2) is 11.3. The molecule has 178 valence electrons. The highest BCUT2D eigenvalue weighted by Crippen LogP contribution is 2.30. The minimum atomic E-state index is -0.303. The predicted octanol–water partition coefficient (Wildman–Crippen LogP) is 5.58. The predicted molar refractivity (Wildman–Crippen MR) is 130 cm³/mol. The number of benzene rings is 2. The average molecular weight is 463 g/mol. The highest BCUT2D eigenvalue weighted by atomic mass is 19.1. The van der Waals surface area contributed by atoms with Gasteiger partial charge in [0.25, 0.3) is 5.91 Å². The van der Waals surface area contributed by atoms with Crippen molar-refractivity contribution in [1.82, 2.24) is 10.3 Å². The standard InChI is InChI=1S/C28H31FN2O3/c1-19-9-10-21(14-25(19)29)16-31-28(33)24-15-22(27-23(17-32)8-5-13-30-27)11-12-26(24)34-18-20-6-3-2-4-7-20/h5,8-15,20,32H,2-4,6-7,16-18H2,1H3,(H,31,33). The number of carbonyl (C=O) groups excluding carboxylic acids is 1. The molecule has 0 spiro atoms. The quantitative estimate of drug-likeness (QED) is 0.459. The van der Waals surface area contributed by atoms with Crippen molar-refractivity contribution in [2.45, 2.75) is 52.2 Å². The molecule has 3 aromatic rings. The summed E-state index contributed by atoms with van der Waals surface area (Å²) in [5.41, 5.74) is 3.68. The lowest BCUT2D eigenvalue weighted by atomic mass is 9.90. The van der Waals surface area contributed by atoms with Crippen LogP contribution < -0.4 is 10.1 Å². The van der Waals surface area contributed by atoms with E-state index in [4.69, 9.17) is 4.74 Å². The Morgan fingerprint density at radius 2 is 1.97 bits per heavy atom. The summed E-state index contributed by atoms with van der Waals surface area (Å²) in [7, 11) is 0. The van der Waals surface area contributed by atoms with Crippen LogP contribution in [-0.4, -0.2) is 22.6 Å². The molecule has 0 bridgehead atoms. The first-order valence-corrected chi connectivity index (χ1v) is 11.9. The minimum absolute atomic E-state index is 0.149. The Morgan fingerprint density at radius 1 is 1.15 bits per heavy atom. The topological polar surface area (TPSA) is 71.5 Å². The molecule has 2 aromatic carbocycles. The second-order valence-electron chi connectivity index (χ2n) is 8.96. The molecule has 1 amide bonds. The van der Waals surface area contributed by atoms with E-state index >= 15 is 0 Å². The van der Waals surface area contributed by atoms with Crippen LogP contribution in [0, 0.1) is 18.7 Å². The number of nitrogens with zero attached hydrogens (tertiary/aromatic N) is 1. The number of hydrogen-bond donors (Lipinski definition) is 2. The van der Waals surface area contributed by atoms with Gasteiger partial charge >= 0.3 is 0 Å². The molecule has 1 aromatic heterocycles. The van der Waals surface area contributed by atoms with Gasteiger partial charge in [0.2, 0.25) is 0 Å². The van der Waals surface area contributed by atoms with Gasteiger partial charge in [-0.05, 0) is 67.1 Å². The molecule has 0 saturated heterocycles. The van der Waals surface area contributed by atoms with Gasteiger partial charge in [-0.3, -0.25) is 9.78 Å². The van der Waals surface area contributed by atoms with Gasteiger partial charge in [-0.15, -0.1) is 0 Å². The average Bonchev–Trinajstić information content (AvgIpc) is 2.88. The number of aliphatic hydroxyl groups is 1. The van der Waals surface area contributed by atoms with Crippen molar-refractivity contribution < 1.29 is 19.0 Å². The summed E-state index contributed by atoms with van der Waals surface area (Å²) in [4.78, 5) is 17.6. The number of aryl methyl sites for hydroxylation is 1. The number of aliphatic hydroxyl groups excluding tert-OH is 1. The van der Waals surface area contributed by atoms with Crippen molar-refractivity contribution in [3.63, 3.8) is 0 Å². The summed E-state index contributed by atoms with van der Waals surface area (Å²) in [5, 5.41) is 12.6. The molecule has 1 aliphatic carbocycles. The Labute approximate surface area is 200 Å². The number of pyridine rings is 1. The third-order valence-electron chi connectivity index (χ3n) is 6.45. The molecular formula is C28H31FN2O3. The van der Waals surface area contributed by atoms with Crippen LogP contribution in [0.4, 0.5) is 4.39 Å². The normalized spacial score (nSPS) is 14.1. The zero-order valence-corrected chi connectivity index (χ0v) is 19.5. The minimum Gasteiger partial charge on any atom is -0.492 e. The van der Waals surface area contributed by atoms with E-state index in [9.17, 15) is 14.3 Å². The molecule has 1 saturated carbocycles. The van der Waals surface area contributed by atoms with Crippen molar-refractivity contribution in [1.29, 1.82) is 0 Å². The first kappa shape index (κ1) is 23.9. The van der Waals surface area contributed by atoms with Gasteiger partial charge in [-0.25, -0.2) is 4.39 Å². The third kappa shape index (κ3) is 5.81. The van der Waals surface area contributed by atoms with E-state index in [0.29, 0.717) is 46.2 Å². The molecule has 1 heterocycles. The molecule has 34 heavy (non-hydrogen) atoms. The zero-order chi connectivity index (χ0) is 23.9. The Kier molecular flexibility index (Phi) is 7.91. The van der Waals surface area contributed by atoms with Gasteiger partial charge in [0.05, 0.1) is 24.5 Å². The fourth-order valence-corrected chi connectivity index (χ4v) is 4.39. The smallest absolute Gasteiger partial charge is 0.255 e. The fourth-order valence-electron chi connectivity index (χ4n) is 4.39. The zero-order valence-electron chi connectivity index (χ0n) is 19.5. The lowest BCUT2D eigenvalue weighted by Gasteiger charge is -2.22. The van der Waals surface area contributed by atoms with Crippen molar-refractivity contribution in [3.05, 3.63) is 82.8 Å². The van der Waals surface area contributed by atoms with Crippen molar-refractivity contribution in [2.24, 2.45) is 5.92 Å². The van der Waals surface area contributed by atoms with Crippen LogP contribution in [0.3, 0.4) is 0 Å². The largest absolute Gasteiger partial charge is 0.492 e. The van der Waals surface area contributed by atoms with Crippen LogP contribution in [0.2, 0.25) is 0 Å². The Hall–Kier alpha value is -3.25. The summed E-state index contributed by atoms with van der Waals surface area (Å²) in [6.07, 6.45) is 7.66. The number of halogens is 1. The van der Waals surface area contributed by atoms with Gasteiger partial charge in [-0.1, -0.05) is 37.5 Å². The molecule has 6 heteroatoms. The summed E-state index contributed by atoms with van der Waals surface area (Å²) in [5.74, 6) is 0.417. The number of amides is 1. The lowest BCUT2D eigenvalue weighted by molar-refractivity contribution is 0.0945. The molecule has 0 unspecified atom stereocenters. The van der Waals surface area contributed by atoms with E-state index in [1.54, 1.807) is 43.5 Å². The number of aromatic nitrogens is 1. The number of hydrogen-bond acceptors (Lipinski definition) is 4. The molecule has 4 rings (SSSR count). The molecular weight excluding hydrogens is 431 g/mol. The van der Waals surface area contributed by atoms with Crippen LogP contribution >= 0.6 is 0 Å². The monoisotopic (exact) mass is 462 g/mol. The highest BCUT2D eigenvalue weighted by molar-refractivity contribution is 5.98. The van der Waals surface area contributed by atoms with Crippen LogP contribution in [0.1, 0.15) is 59.2 Å². The van der Waals surface area contributed by atoms with Crippen molar-refractivity contribution >= 4 is 5.91 Å². The highest BCUT2D eigenvalue weighted by Gasteiger charge is 2.19. The van der Waals surface area contributed by atoms with Crippen LogP contribution in [0.5, 0.6) is 5.75 Å².